The second kappa shape index (κ2) is 6.48. The number of carboxylic acids is 1. The minimum atomic E-state index is -0.904. The van der Waals surface area contributed by atoms with E-state index in [9.17, 15) is 9.90 Å². The number of rotatable bonds is 3. The molecule has 3 atom stereocenters. The summed E-state index contributed by atoms with van der Waals surface area (Å²) < 4.78 is 0. The second-order valence-electron chi connectivity index (χ2n) is 7.49. The lowest BCUT2D eigenvalue weighted by Crippen LogP contribution is -2.30. The predicted octanol–water partition coefficient (Wildman–Crippen LogP) is 5.99. The fourth-order valence-corrected chi connectivity index (χ4v) is 4.50. The van der Waals surface area contributed by atoms with Gasteiger partial charge in [0.25, 0.3) is 0 Å². The molecule has 2 N–H and O–H groups in total. The number of aromatic carboxylic acids is 1. The molecule has 2 aliphatic rings. The Labute approximate surface area is 158 Å². The lowest BCUT2D eigenvalue weighted by molar-refractivity contribution is 0.0695. The third-order valence-corrected chi connectivity index (χ3v) is 5.98. The number of benzene rings is 2. The van der Waals surface area contributed by atoms with Crippen LogP contribution in [0.5, 0.6) is 0 Å². The molecule has 0 aromatic heterocycles. The number of allylic oxidation sites excluding steroid dienone is 2. The van der Waals surface area contributed by atoms with Crippen LogP contribution in [0.3, 0.4) is 0 Å². The van der Waals surface area contributed by atoms with Crippen molar-refractivity contribution in [2.75, 3.05) is 5.32 Å². The van der Waals surface area contributed by atoms with Crippen molar-refractivity contribution in [2.45, 2.75) is 38.1 Å². The average molecular weight is 368 g/mol. The van der Waals surface area contributed by atoms with E-state index in [1.807, 2.05) is 0 Å². The smallest absolute Gasteiger partial charge is 0.336 e. The first-order chi connectivity index (χ1) is 12.5. The van der Waals surface area contributed by atoms with Gasteiger partial charge in [-0.15, -0.1) is 0 Å². The Kier molecular flexibility index (Phi) is 4.28. The zero-order chi connectivity index (χ0) is 18.4. The first kappa shape index (κ1) is 17.2. The third kappa shape index (κ3) is 2.71. The normalized spacial score (nSPS) is 23.5. The summed E-state index contributed by atoms with van der Waals surface area (Å²) in [4.78, 5) is 11.7. The molecule has 0 saturated heterocycles. The third-order valence-electron chi connectivity index (χ3n) is 5.66. The van der Waals surface area contributed by atoms with Crippen LogP contribution in [0.25, 0.3) is 0 Å². The highest BCUT2D eigenvalue weighted by atomic mass is 35.5. The van der Waals surface area contributed by atoms with Crippen molar-refractivity contribution in [1.82, 2.24) is 0 Å². The van der Waals surface area contributed by atoms with E-state index in [0.717, 1.165) is 17.7 Å². The Bertz CT molecular complexity index is 886. The standard InChI is InChI=1S/C22H22ClNO2/c1-12(2)13-6-8-14(9-7-13)20-16-5-3-4-15(16)19-17(22(25)26)10-11-18(23)21(19)24-20/h3-4,6-12,15-16,20,24H,5H2,1-2H3,(H,25,26)/t15-,16-,20+/m1/s1. The molecule has 26 heavy (non-hydrogen) atoms. The lowest BCUT2D eigenvalue weighted by atomic mass is 9.75. The monoisotopic (exact) mass is 367 g/mol. The molecule has 1 heterocycles. The first-order valence-electron chi connectivity index (χ1n) is 9.06. The molecule has 0 spiro atoms. The van der Waals surface area contributed by atoms with Crippen molar-refractivity contribution in [3.05, 3.63) is 75.8 Å². The van der Waals surface area contributed by atoms with E-state index < -0.39 is 5.97 Å². The van der Waals surface area contributed by atoms with Gasteiger partial charge in [0.1, 0.15) is 0 Å². The molecule has 1 aliphatic carbocycles. The van der Waals surface area contributed by atoms with Crippen LogP contribution in [0.2, 0.25) is 5.02 Å². The number of carboxylic acid groups (broad SMARTS) is 1. The van der Waals surface area contributed by atoms with Crippen molar-refractivity contribution in [2.24, 2.45) is 5.92 Å². The zero-order valence-corrected chi connectivity index (χ0v) is 15.6. The Balaban J connectivity index is 1.80. The van der Waals surface area contributed by atoms with Gasteiger partial charge in [-0.3, -0.25) is 0 Å². The molecule has 1 aliphatic heterocycles. The van der Waals surface area contributed by atoms with E-state index in [2.05, 4.69) is 55.6 Å². The predicted molar refractivity (Wildman–Crippen MR) is 105 cm³/mol. The molecule has 4 rings (SSSR count). The Hall–Kier alpha value is -2.26. The number of halogens is 1. The first-order valence-corrected chi connectivity index (χ1v) is 9.44. The van der Waals surface area contributed by atoms with E-state index in [0.29, 0.717) is 22.4 Å². The van der Waals surface area contributed by atoms with Crippen molar-refractivity contribution < 1.29 is 9.90 Å². The molecular formula is C22H22ClNO2. The molecule has 0 bridgehead atoms. The fourth-order valence-electron chi connectivity index (χ4n) is 4.28. The van der Waals surface area contributed by atoms with Crippen LogP contribution in [-0.2, 0) is 0 Å². The molecule has 0 radical (unpaired) electrons. The molecule has 2 aromatic rings. The van der Waals surface area contributed by atoms with Gasteiger partial charge in [0.2, 0.25) is 0 Å². The van der Waals surface area contributed by atoms with Crippen LogP contribution in [0.4, 0.5) is 5.69 Å². The van der Waals surface area contributed by atoms with Crippen molar-refractivity contribution in [3.63, 3.8) is 0 Å². The molecule has 2 aromatic carbocycles. The Morgan fingerprint density at radius 2 is 1.92 bits per heavy atom. The van der Waals surface area contributed by atoms with Crippen LogP contribution in [-0.4, -0.2) is 11.1 Å². The van der Waals surface area contributed by atoms with E-state index in [4.69, 9.17) is 11.6 Å². The molecule has 134 valence electrons. The van der Waals surface area contributed by atoms with Crippen LogP contribution in [0, 0.1) is 5.92 Å². The number of hydrogen-bond donors (Lipinski definition) is 2. The highest BCUT2D eigenvalue weighted by molar-refractivity contribution is 6.33. The summed E-state index contributed by atoms with van der Waals surface area (Å²) in [5.74, 6) is -0.0362. The van der Waals surface area contributed by atoms with Gasteiger partial charge < -0.3 is 10.4 Å². The quantitative estimate of drug-likeness (QED) is 0.655. The van der Waals surface area contributed by atoms with Gasteiger partial charge in [0.05, 0.1) is 22.3 Å². The maximum Gasteiger partial charge on any atom is 0.336 e. The van der Waals surface area contributed by atoms with E-state index in [-0.39, 0.29) is 12.0 Å². The van der Waals surface area contributed by atoms with E-state index >= 15 is 0 Å². The highest BCUT2D eigenvalue weighted by Gasteiger charge is 2.40. The van der Waals surface area contributed by atoms with Crippen LogP contribution in [0.15, 0.2) is 48.6 Å². The lowest BCUT2D eigenvalue weighted by Gasteiger charge is -2.38. The van der Waals surface area contributed by atoms with Gasteiger partial charge in [-0.25, -0.2) is 4.79 Å². The van der Waals surface area contributed by atoms with Crippen LogP contribution >= 0.6 is 11.6 Å². The summed E-state index contributed by atoms with van der Waals surface area (Å²) in [5, 5.41) is 13.8. The van der Waals surface area contributed by atoms with Crippen LogP contribution < -0.4 is 5.32 Å². The molecule has 0 saturated carbocycles. The summed E-state index contributed by atoms with van der Waals surface area (Å²) in [6, 6.07) is 12.1. The number of fused-ring (bicyclic) bond motifs is 3. The fraction of sp³-hybridized carbons (Fsp3) is 0.318. The zero-order valence-electron chi connectivity index (χ0n) is 14.9. The molecule has 0 unspecified atom stereocenters. The summed E-state index contributed by atoms with van der Waals surface area (Å²) in [6.07, 6.45) is 5.23. The molecule has 0 fully saturated rings. The minimum Gasteiger partial charge on any atom is -0.478 e. The van der Waals surface area contributed by atoms with Gasteiger partial charge in [0.15, 0.2) is 0 Å². The topological polar surface area (TPSA) is 49.3 Å². The van der Waals surface area contributed by atoms with Gasteiger partial charge in [-0.1, -0.05) is 61.9 Å². The Morgan fingerprint density at radius 1 is 1.19 bits per heavy atom. The number of anilines is 1. The largest absolute Gasteiger partial charge is 0.478 e. The summed E-state index contributed by atoms with van der Waals surface area (Å²) >= 11 is 6.45. The molecule has 3 nitrogen and oxygen atoms in total. The molecule has 0 amide bonds. The van der Waals surface area contributed by atoms with Gasteiger partial charge >= 0.3 is 5.97 Å². The SMILES string of the molecule is CC(C)c1ccc([C@@H]2Nc3c(Cl)ccc(C(=O)O)c3[C@@H]3C=CC[C@H]32)cc1. The number of hydrogen-bond acceptors (Lipinski definition) is 2. The van der Waals surface area contributed by atoms with Crippen molar-refractivity contribution >= 4 is 23.3 Å². The van der Waals surface area contributed by atoms with E-state index in [1.54, 1.807) is 12.1 Å². The molecule has 4 heteroatoms. The van der Waals surface area contributed by atoms with Gasteiger partial charge in [-0.2, -0.15) is 0 Å². The highest BCUT2D eigenvalue weighted by Crippen LogP contribution is 2.52. The Morgan fingerprint density at radius 3 is 2.58 bits per heavy atom. The van der Waals surface area contributed by atoms with Gasteiger partial charge in [0, 0.05) is 5.92 Å². The maximum atomic E-state index is 11.7. The number of carbonyl (C=O) groups is 1. The van der Waals surface area contributed by atoms with Gasteiger partial charge in [-0.05, 0) is 47.1 Å². The summed E-state index contributed by atoms with van der Waals surface area (Å²) in [5.41, 5.74) is 4.45. The number of nitrogens with one attached hydrogen (secondary N) is 1. The summed E-state index contributed by atoms with van der Waals surface area (Å²) in [6.45, 7) is 4.38. The van der Waals surface area contributed by atoms with Crippen molar-refractivity contribution in [1.29, 1.82) is 0 Å². The average Bonchev–Trinajstić information content (AvgIpc) is 3.11. The van der Waals surface area contributed by atoms with Crippen LogP contribution in [0.1, 0.15) is 65.2 Å². The van der Waals surface area contributed by atoms with E-state index in [1.165, 1.54) is 11.1 Å². The van der Waals surface area contributed by atoms with Crippen molar-refractivity contribution in [3.8, 4) is 0 Å². The minimum absolute atomic E-state index is 0.0748. The molecular weight excluding hydrogens is 346 g/mol. The maximum absolute atomic E-state index is 11.7. The second-order valence-corrected chi connectivity index (χ2v) is 7.89. The summed E-state index contributed by atoms with van der Waals surface area (Å²) in [7, 11) is 0.